The van der Waals surface area contributed by atoms with Crippen molar-refractivity contribution in [3.63, 3.8) is 0 Å². The van der Waals surface area contributed by atoms with Gasteiger partial charge in [-0.1, -0.05) is 44.2 Å². The first-order valence-corrected chi connectivity index (χ1v) is 9.11. The zero-order valence-corrected chi connectivity index (χ0v) is 15.3. The summed E-state index contributed by atoms with van der Waals surface area (Å²) in [4.78, 5) is 12.3. The lowest BCUT2D eigenvalue weighted by Crippen LogP contribution is -2.41. The molecule has 0 unspecified atom stereocenters. The van der Waals surface area contributed by atoms with Crippen molar-refractivity contribution in [2.75, 3.05) is 7.11 Å². The van der Waals surface area contributed by atoms with E-state index in [1.807, 2.05) is 38.1 Å². The number of ether oxygens (including phenoxy) is 2. The predicted octanol–water partition coefficient (Wildman–Crippen LogP) is 4.86. The summed E-state index contributed by atoms with van der Waals surface area (Å²) in [5, 5.41) is 3.07. The van der Waals surface area contributed by atoms with E-state index >= 15 is 0 Å². The van der Waals surface area contributed by atoms with Gasteiger partial charge in [0, 0.05) is 12.5 Å². The van der Waals surface area contributed by atoms with Crippen LogP contribution in [0.3, 0.4) is 0 Å². The van der Waals surface area contributed by atoms with Crippen LogP contribution in [0.1, 0.15) is 64.4 Å². The third-order valence-electron chi connectivity index (χ3n) is 4.59. The zero-order valence-electron chi connectivity index (χ0n) is 15.3. The molecule has 1 aromatic carbocycles. The lowest BCUT2D eigenvalue weighted by molar-refractivity contribution is 0.0366. The Bertz CT molecular complexity index is 502. The molecule has 1 fully saturated rings. The number of rotatable bonds is 5. The number of carbonyl (C=O) groups is 1. The smallest absolute Gasteiger partial charge is 0.407 e. The maximum absolute atomic E-state index is 12.3. The molecular formula is C20H31NO3. The standard InChI is InChI=1S/C20H31NO3/c1-20(2,15-16-11-13-18(23-3)14-12-16)24-19(22)21-17-9-7-5-4-6-8-10-17/h11-14,17H,4-10,15H2,1-3H3,(H,21,22). The Labute approximate surface area is 145 Å². The molecule has 0 aliphatic heterocycles. The molecule has 1 amide bonds. The monoisotopic (exact) mass is 333 g/mol. The first-order valence-electron chi connectivity index (χ1n) is 9.11. The minimum atomic E-state index is -0.541. The number of benzene rings is 1. The summed E-state index contributed by atoms with van der Waals surface area (Å²) in [5.74, 6) is 0.833. The number of amides is 1. The van der Waals surface area contributed by atoms with E-state index in [1.165, 1.54) is 32.1 Å². The second kappa shape index (κ2) is 8.95. The molecule has 4 heteroatoms. The first kappa shape index (κ1) is 18.6. The van der Waals surface area contributed by atoms with Gasteiger partial charge >= 0.3 is 6.09 Å². The molecule has 1 saturated carbocycles. The Kier molecular flexibility index (Phi) is 6.95. The molecule has 0 atom stereocenters. The minimum absolute atomic E-state index is 0.259. The van der Waals surface area contributed by atoms with E-state index in [4.69, 9.17) is 9.47 Å². The second-order valence-electron chi connectivity index (χ2n) is 7.36. The Morgan fingerprint density at radius 2 is 1.67 bits per heavy atom. The summed E-state index contributed by atoms with van der Waals surface area (Å²) in [6, 6.07) is 8.14. The van der Waals surface area contributed by atoms with Crippen molar-refractivity contribution >= 4 is 6.09 Å². The van der Waals surface area contributed by atoms with E-state index in [9.17, 15) is 4.79 Å². The van der Waals surface area contributed by atoms with Gasteiger partial charge in [0.05, 0.1) is 7.11 Å². The van der Waals surface area contributed by atoms with Gasteiger partial charge in [-0.2, -0.15) is 0 Å². The maximum Gasteiger partial charge on any atom is 0.407 e. The topological polar surface area (TPSA) is 47.6 Å². The second-order valence-corrected chi connectivity index (χ2v) is 7.36. The number of carbonyl (C=O) groups excluding carboxylic acids is 1. The van der Waals surface area contributed by atoms with Crippen LogP contribution < -0.4 is 10.1 Å². The lowest BCUT2D eigenvalue weighted by Gasteiger charge is -2.28. The van der Waals surface area contributed by atoms with E-state index in [0.29, 0.717) is 6.42 Å². The number of alkyl carbamates (subject to hydrolysis) is 1. The Balaban J connectivity index is 1.83. The van der Waals surface area contributed by atoms with Crippen LogP contribution in [-0.4, -0.2) is 24.8 Å². The largest absolute Gasteiger partial charge is 0.497 e. The Morgan fingerprint density at radius 3 is 2.25 bits per heavy atom. The highest BCUT2D eigenvalue weighted by molar-refractivity contribution is 5.68. The number of nitrogens with one attached hydrogen (secondary N) is 1. The molecule has 4 nitrogen and oxygen atoms in total. The molecule has 24 heavy (non-hydrogen) atoms. The Morgan fingerprint density at radius 1 is 1.08 bits per heavy atom. The average molecular weight is 333 g/mol. The lowest BCUT2D eigenvalue weighted by atomic mass is 9.97. The van der Waals surface area contributed by atoms with E-state index in [0.717, 1.165) is 24.2 Å². The average Bonchev–Trinajstić information content (AvgIpc) is 2.49. The van der Waals surface area contributed by atoms with Crippen LogP contribution in [0, 0.1) is 0 Å². The van der Waals surface area contributed by atoms with Crippen LogP contribution >= 0.6 is 0 Å². The molecule has 0 spiro atoms. The molecular weight excluding hydrogens is 302 g/mol. The minimum Gasteiger partial charge on any atom is -0.497 e. The van der Waals surface area contributed by atoms with Crippen LogP contribution in [0.4, 0.5) is 4.79 Å². The third-order valence-corrected chi connectivity index (χ3v) is 4.59. The first-order chi connectivity index (χ1) is 11.5. The van der Waals surface area contributed by atoms with Gasteiger partial charge in [-0.25, -0.2) is 4.79 Å². The van der Waals surface area contributed by atoms with Gasteiger partial charge in [0.2, 0.25) is 0 Å². The Hall–Kier alpha value is -1.71. The molecule has 134 valence electrons. The van der Waals surface area contributed by atoms with Gasteiger partial charge < -0.3 is 14.8 Å². The van der Waals surface area contributed by atoms with Crippen molar-refractivity contribution in [2.24, 2.45) is 0 Å². The quantitative estimate of drug-likeness (QED) is 0.837. The van der Waals surface area contributed by atoms with Crippen molar-refractivity contribution in [1.82, 2.24) is 5.32 Å². The normalized spacial score (nSPS) is 16.8. The summed E-state index contributed by atoms with van der Waals surface area (Å²) in [6.07, 6.45) is 8.77. The van der Waals surface area contributed by atoms with Gasteiger partial charge in [0.25, 0.3) is 0 Å². The molecule has 0 heterocycles. The van der Waals surface area contributed by atoms with Gasteiger partial charge in [-0.05, 0) is 44.4 Å². The van der Waals surface area contributed by atoms with Crippen molar-refractivity contribution in [2.45, 2.75) is 76.9 Å². The number of hydrogen-bond donors (Lipinski definition) is 1. The SMILES string of the molecule is COc1ccc(CC(C)(C)OC(=O)NC2CCCCCCC2)cc1. The van der Waals surface area contributed by atoms with Crippen molar-refractivity contribution in [3.8, 4) is 5.75 Å². The van der Waals surface area contributed by atoms with Crippen LogP contribution in [0.5, 0.6) is 5.75 Å². The van der Waals surface area contributed by atoms with Gasteiger partial charge in [-0.3, -0.25) is 0 Å². The summed E-state index contributed by atoms with van der Waals surface area (Å²) in [7, 11) is 1.65. The van der Waals surface area contributed by atoms with Crippen molar-refractivity contribution in [3.05, 3.63) is 29.8 Å². The highest BCUT2D eigenvalue weighted by Crippen LogP contribution is 2.21. The fourth-order valence-electron chi connectivity index (χ4n) is 3.32. The summed E-state index contributed by atoms with van der Waals surface area (Å²) < 4.78 is 10.9. The number of methoxy groups -OCH3 is 1. The number of hydrogen-bond acceptors (Lipinski definition) is 3. The molecule has 1 aromatic rings. The van der Waals surface area contributed by atoms with Gasteiger partial charge in [-0.15, -0.1) is 0 Å². The van der Waals surface area contributed by atoms with Crippen LogP contribution in [0.25, 0.3) is 0 Å². The summed E-state index contributed by atoms with van der Waals surface area (Å²) in [5.41, 5.74) is 0.583. The van der Waals surface area contributed by atoms with Crippen LogP contribution in [0.15, 0.2) is 24.3 Å². The van der Waals surface area contributed by atoms with Crippen molar-refractivity contribution in [1.29, 1.82) is 0 Å². The van der Waals surface area contributed by atoms with E-state index < -0.39 is 5.60 Å². The molecule has 1 aliphatic rings. The van der Waals surface area contributed by atoms with Gasteiger partial charge in [0.15, 0.2) is 0 Å². The van der Waals surface area contributed by atoms with Crippen LogP contribution in [0.2, 0.25) is 0 Å². The molecule has 1 aliphatic carbocycles. The fourth-order valence-corrected chi connectivity index (χ4v) is 3.32. The van der Waals surface area contributed by atoms with Crippen molar-refractivity contribution < 1.29 is 14.3 Å². The zero-order chi connectivity index (χ0) is 17.4. The van der Waals surface area contributed by atoms with E-state index in [1.54, 1.807) is 7.11 Å². The maximum atomic E-state index is 12.3. The molecule has 0 saturated heterocycles. The molecule has 1 N–H and O–H groups in total. The molecule has 2 rings (SSSR count). The summed E-state index contributed by atoms with van der Waals surface area (Å²) >= 11 is 0. The predicted molar refractivity (Wildman–Crippen MR) is 96.5 cm³/mol. The van der Waals surface area contributed by atoms with E-state index in [-0.39, 0.29) is 12.1 Å². The van der Waals surface area contributed by atoms with Gasteiger partial charge in [0.1, 0.15) is 11.4 Å². The molecule has 0 radical (unpaired) electrons. The van der Waals surface area contributed by atoms with E-state index in [2.05, 4.69) is 5.32 Å². The molecule has 0 bridgehead atoms. The summed E-state index contributed by atoms with van der Waals surface area (Å²) in [6.45, 7) is 3.91. The third kappa shape index (κ3) is 6.42. The molecule has 0 aromatic heterocycles. The fraction of sp³-hybridized carbons (Fsp3) is 0.650. The van der Waals surface area contributed by atoms with Crippen LogP contribution in [-0.2, 0) is 11.2 Å². The highest BCUT2D eigenvalue weighted by atomic mass is 16.6. The highest BCUT2D eigenvalue weighted by Gasteiger charge is 2.25.